The van der Waals surface area contributed by atoms with Crippen LogP contribution in [-0.2, 0) is 5.88 Å². The summed E-state index contributed by atoms with van der Waals surface area (Å²) in [4.78, 5) is 13.6. The molecule has 0 spiro atoms. The van der Waals surface area contributed by atoms with E-state index in [1.165, 1.54) is 0 Å². The van der Waals surface area contributed by atoms with Crippen molar-refractivity contribution in [2.24, 2.45) is 0 Å². The Bertz CT molecular complexity index is 338. The van der Waals surface area contributed by atoms with Crippen LogP contribution in [0.3, 0.4) is 0 Å². The number of alkyl halides is 1. The lowest BCUT2D eigenvalue weighted by Gasteiger charge is -2.16. The Balaban J connectivity index is 2.81. The minimum atomic E-state index is 0.0591. The number of halogens is 1. The van der Waals surface area contributed by atoms with E-state index in [1.54, 1.807) is 4.90 Å². The van der Waals surface area contributed by atoms with Gasteiger partial charge in [-0.05, 0) is 24.1 Å². The van der Waals surface area contributed by atoms with E-state index in [1.807, 2.05) is 31.3 Å². The van der Waals surface area contributed by atoms with Gasteiger partial charge in [0, 0.05) is 25.0 Å². The van der Waals surface area contributed by atoms with Crippen molar-refractivity contribution in [1.82, 2.24) is 4.90 Å². The fraction of sp³-hybridized carbons (Fsp3) is 0.417. The average Bonchev–Trinajstić information content (AvgIpc) is 2.28. The highest BCUT2D eigenvalue weighted by atomic mass is 35.5. The third kappa shape index (κ3) is 3.24. The van der Waals surface area contributed by atoms with E-state index >= 15 is 0 Å². The zero-order valence-electron chi connectivity index (χ0n) is 9.16. The van der Waals surface area contributed by atoms with Gasteiger partial charge in [-0.2, -0.15) is 0 Å². The smallest absolute Gasteiger partial charge is 0.253 e. The highest BCUT2D eigenvalue weighted by Crippen LogP contribution is 2.09. The molecule has 3 heteroatoms. The third-order valence-corrected chi connectivity index (χ3v) is 2.54. The fourth-order valence-electron chi connectivity index (χ4n) is 1.44. The molecule has 1 aromatic rings. The number of amides is 1. The molecule has 0 aliphatic heterocycles. The van der Waals surface area contributed by atoms with Crippen molar-refractivity contribution in [3.8, 4) is 0 Å². The van der Waals surface area contributed by atoms with E-state index in [9.17, 15) is 4.79 Å². The van der Waals surface area contributed by atoms with E-state index in [2.05, 4.69) is 6.92 Å². The maximum atomic E-state index is 11.9. The Kier molecular flexibility index (Phi) is 4.63. The third-order valence-electron chi connectivity index (χ3n) is 2.23. The molecule has 0 aliphatic carbocycles. The maximum absolute atomic E-state index is 11.9. The summed E-state index contributed by atoms with van der Waals surface area (Å²) in [6, 6.07) is 7.46. The van der Waals surface area contributed by atoms with Gasteiger partial charge in [-0.15, -0.1) is 11.6 Å². The normalized spacial score (nSPS) is 10.1. The van der Waals surface area contributed by atoms with Gasteiger partial charge in [0.2, 0.25) is 0 Å². The summed E-state index contributed by atoms with van der Waals surface area (Å²) in [5.74, 6) is 0.502. The molecular weight excluding hydrogens is 210 g/mol. The minimum absolute atomic E-state index is 0.0591. The van der Waals surface area contributed by atoms with Crippen LogP contribution >= 0.6 is 11.6 Å². The molecule has 0 radical (unpaired) electrons. The summed E-state index contributed by atoms with van der Waals surface area (Å²) in [5.41, 5.74) is 1.69. The number of carbonyl (C=O) groups is 1. The fourth-order valence-corrected chi connectivity index (χ4v) is 1.61. The topological polar surface area (TPSA) is 20.3 Å². The van der Waals surface area contributed by atoms with Gasteiger partial charge in [0.15, 0.2) is 0 Å². The van der Waals surface area contributed by atoms with Crippen LogP contribution in [0.1, 0.15) is 29.3 Å². The molecule has 1 rings (SSSR count). The molecule has 15 heavy (non-hydrogen) atoms. The van der Waals surface area contributed by atoms with Crippen molar-refractivity contribution in [2.45, 2.75) is 19.2 Å². The summed E-state index contributed by atoms with van der Waals surface area (Å²) < 4.78 is 0. The Hall–Kier alpha value is -1.02. The number of hydrogen-bond donors (Lipinski definition) is 0. The van der Waals surface area contributed by atoms with Crippen LogP contribution < -0.4 is 0 Å². The summed E-state index contributed by atoms with van der Waals surface area (Å²) in [6.45, 7) is 2.84. The zero-order chi connectivity index (χ0) is 11.3. The second kappa shape index (κ2) is 5.76. The van der Waals surface area contributed by atoms with Gasteiger partial charge in [-0.3, -0.25) is 4.79 Å². The average molecular weight is 226 g/mol. The molecule has 1 amide bonds. The van der Waals surface area contributed by atoms with Crippen LogP contribution in [0.5, 0.6) is 0 Å². The second-order valence-corrected chi connectivity index (χ2v) is 3.83. The molecule has 0 aliphatic rings. The first-order chi connectivity index (χ1) is 7.19. The first-order valence-electron chi connectivity index (χ1n) is 5.09. The molecule has 0 N–H and O–H groups in total. The van der Waals surface area contributed by atoms with E-state index in [0.29, 0.717) is 11.4 Å². The lowest BCUT2D eigenvalue weighted by Crippen LogP contribution is -2.27. The summed E-state index contributed by atoms with van der Waals surface area (Å²) in [6.07, 6.45) is 0.970. The van der Waals surface area contributed by atoms with Crippen LogP contribution in [0, 0.1) is 0 Å². The predicted molar refractivity (Wildman–Crippen MR) is 63.3 cm³/mol. The highest BCUT2D eigenvalue weighted by Gasteiger charge is 2.10. The molecule has 0 saturated heterocycles. The van der Waals surface area contributed by atoms with Crippen LogP contribution in [0.2, 0.25) is 0 Å². The van der Waals surface area contributed by atoms with Crippen molar-refractivity contribution >= 4 is 17.5 Å². The first kappa shape index (κ1) is 12.1. The SMILES string of the molecule is CCCN(C)C(=O)c1cccc(CCl)c1. The van der Waals surface area contributed by atoms with E-state index in [4.69, 9.17) is 11.6 Å². The molecular formula is C12H16ClNO. The van der Waals surface area contributed by atoms with Crippen LogP contribution in [-0.4, -0.2) is 24.4 Å². The quantitative estimate of drug-likeness (QED) is 0.722. The number of benzene rings is 1. The van der Waals surface area contributed by atoms with E-state index in [-0.39, 0.29) is 5.91 Å². The number of nitrogens with zero attached hydrogens (tertiary/aromatic N) is 1. The van der Waals surface area contributed by atoms with E-state index in [0.717, 1.165) is 18.5 Å². The largest absolute Gasteiger partial charge is 0.342 e. The van der Waals surface area contributed by atoms with Gasteiger partial charge in [0.05, 0.1) is 0 Å². The highest BCUT2D eigenvalue weighted by molar-refractivity contribution is 6.17. The summed E-state index contributed by atoms with van der Waals surface area (Å²) in [7, 11) is 1.82. The van der Waals surface area contributed by atoms with Crippen LogP contribution in [0.25, 0.3) is 0 Å². The molecule has 0 saturated carbocycles. The molecule has 0 unspecified atom stereocenters. The maximum Gasteiger partial charge on any atom is 0.253 e. The molecule has 82 valence electrons. The molecule has 0 heterocycles. The van der Waals surface area contributed by atoms with E-state index < -0.39 is 0 Å². The monoisotopic (exact) mass is 225 g/mol. The predicted octanol–water partition coefficient (Wildman–Crippen LogP) is 2.91. The van der Waals surface area contributed by atoms with Gasteiger partial charge in [0.1, 0.15) is 0 Å². The van der Waals surface area contributed by atoms with Crippen molar-refractivity contribution in [3.05, 3.63) is 35.4 Å². The van der Waals surface area contributed by atoms with Gasteiger partial charge in [-0.1, -0.05) is 19.1 Å². The molecule has 0 aromatic heterocycles. The molecule has 0 atom stereocenters. The summed E-state index contributed by atoms with van der Waals surface area (Å²) >= 11 is 5.72. The number of rotatable bonds is 4. The Morgan fingerprint density at radius 2 is 2.20 bits per heavy atom. The van der Waals surface area contributed by atoms with Crippen molar-refractivity contribution in [2.75, 3.05) is 13.6 Å². The number of hydrogen-bond acceptors (Lipinski definition) is 1. The Morgan fingerprint density at radius 1 is 1.47 bits per heavy atom. The van der Waals surface area contributed by atoms with Crippen molar-refractivity contribution in [3.63, 3.8) is 0 Å². The van der Waals surface area contributed by atoms with Crippen LogP contribution in [0.4, 0.5) is 0 Å². The molecule has 0 bridgehead atoms. The van der Waals surface area contributed by atoms with Gasteiger partial charge in [0.25, 0.3) is 5.91 Å². The standard InChI is InChI=1S/C12H16ClNO/c1-3-7-14(2)12(15)11-6-4-5-10(8-11)9-13/h4-6,8H,3,7,9H2,1-2H3. The first-order valence-corrected chi connectivity index (χ1v) is 5.62. The zero-order valence-corrected chi connectivity index (χ0v) is 9.92. The lowest BCUT2D eigenvalue weighted by molar-refractivity contribution is 0.0795. The lowest BCUT2D eigenvalue weighted by atomic mass is 10.1. The Labute approximate surface area is 95.8 Å². The molecule has 1 aromatic carbocycles. The van der Waals surface area contributed by atoms with Crippen LogP contribution in [0.15, 0.2) is 24.3 Å². The van der Waals surface area contributed by atoms with Gasteiger partial charge >= 0.3 is 0 Å². The van der Waals surface area contributed by atoms with Gasteiger partial charge in [-0.25, -0.2) is 0 Å². The second-order valence-electron chi connectivity index (χ2n) is 3.56. The van der Waals surface area contributed by atoms with Gasteiger partial charge < -0.3 is 4.90 Å². The minimum Gasteiger partial charge on any atom is -0.342 e. The summed E-state index contributed by atoms with van der Waals surface area (Å²) in [5, 5.41) is 0. The Morgan fingerprint density at radius 3 is 2.80 bits per heavy atom. The molecule has 2 nitrogen and oxygen atoms in total. The molecule has 0 fully saturated rings. The van der Waals surface area contributed by atoms with Crippen molar-refractivity contribution in [1.29, 1.82) is 0 Å². The number of carbonyl (C=O) groups excluding carboxylic acids is 1. The van der Waals surface area contributed by atoms with Crippen molar-refractivity contribution < 1.29 is 4.79 Å².